The summed E-state index contributed by atoms with van der Waals surface area (Å²) in [5, 5.41) is 17.3. The van der Waals surface area contributed by atoms with Gasteiger partial charge in [0.25, 0.3) is 0 Å². The highest BCUT2D eigenvalue weighted by Gasteiger charge is 2.24. The van der Waals surface area contributed by atoms with Gasteiger partial charge in [-0.2, -0.15) is 5.10 Å². The van der Waals surface area contributed by atoms with Gasteiger partial charge in [0.2, 0.25) is 0 Å². The Balaban J connectivity index is 1.52. The van der Waals surface area contributed by atoms with Crippen molar-refractivity contribution in [2.45, 2.75) is 32.7 Å². The summed E-state index contributed by atoms with van der Waals surface area (Å²) >= 11 is 1.82. The van der Waals surface area contributed by atoms with Crippen molar-refractivity contribution in [1.82, 2.24) is 24.2 Å². The van der Waals surface area contributed by atoms with Gasteiger partial charge in [0.1, 0.15) is 5.82 Å². The lowest BCUT2D eigenvalue weighted by Crippen LogP contribution is -2.33. The van der Waals surface area contributed by atoms with E-state index in [0.29, 0.717) is 11.5 Å². The van der Waals surface area contributed by atoms with Crippen molar-refractivity contribution in [2.24, 2.45) is 7.05 Å². The number of imidazole rings is 1. The summed E-state index contributed by atoms with van der Waals surface area (Å²) in [5.41, 5.74) is 3.19. The number of nitrogens with zero attached hydrogens (tertiary/aromatic N) is 5. The van der Waals surface area contributed by atoms with Crippen LogP contribution in [0.2, 0.25) is 0 Å². The molecule has 0 fully saturated rings. The van der Waals surface area contributed by atoms with E-state index in [1.165, 1.54) is 10.4 Å². The smallest absolute Gasteiger partial charge is 0.155 e. The molecule has 7 heteroatoms. The zero-order valence-corrected chi connectivity index (χ0v) is 14.7. The number of fused-ring (bicyclic) bond motifs is 1. The van der Waals surface area contributed by atoms with Gasteiger partial charge in [0, 0.05) is 44.0 Å². The molecule has 0 unspecified atom stereocenters. The van der Waals surface area contributed by atoms with E-state index >= 15 is 0 Å². The number of thiophene rings is 1. The van der Waals surface area contributed by atoms with Gasteiger partial charge in [-0.15, -0.1) is 11.3 Å². The van der Waals surface area contributed by atoms with Gasteiger partial charge < -0.3 is 9.67 Å². The van der Waals surface area contributed by atoms with Crippen LogP contribution in [0.15, 0.2) is 29.9 Å². The van der Waals surface area contributed by atoms with Crippen LogP contribution < -0.4 is 0 Å². The Kier molecular flexibility index (Phi) is 3.99. The molecule has 3 aromatic heterocycles. The Bertz CT molecular complexity index is 849. The van der Waals surface area contributed by atoms with Gasteiger partial charge in [-0.1, -0.05) is 0 Å². The molecular weight excluding hydrogens is 322 g/mol. The topological polar surface area (TPSA) is 59.1 Å². The molecule has 0 saturated heterocycles. The first-order chi connectivity index (χ1) is 11.6. The van der Waals surface area contributed by atoms with Crippen molar-refractivity contribution < 1.29 is 5.11 Å². The van der Waals surface area contributed by atoms with Crippen LogP contribution in [0.5, 0.6) is 0 Å². The van der Waals surface area contributed by atoms with Crippen LogP contribution >= 0.6 is 11.3 Å². The van der Waals surface area contributed by atoms with Gasteiger partial charge in [-0.25, -0.2) is 4.98 Å². The maximum absolute atomic E-state index is 10.5. The van der Waals surface area contributed by atoms with Crippen molar-refractivity contribution in [3.63, 3.8) is 0 Å². The van der Waals surface area contributed by atoms with E-state index in [4.69, 9.17) is 0 Å². The molecular formula is C17H21N5OS. The first-order valence-electron chi connectivity index (χ1n) is 8.09. The Hall–Kier alpha value is -1.96. The molecule has 3 aromatic rings. The third-order valence-electron chi connectivity index (χ3n) is 4.61. The summed E-state index contributed by atoms with van der Waals surface area (Å²) in [6, 6.07) is 4.18. The lowest BCUT2D eigenvalue weighted by Gasteiger charge is -2.27. The molecule has 1 aliphatic rings. The molecule has 1 aliphatic heterocycles. The maximum Gasteiger partial charge on any atom is 0.155 e. The number of aryl methyl sites for hydroxylation is 2. The molecule has 0 saturated carbocycles. The number of aromatic nitrogens is 4. The van der Waals surface area contributed by atoms with E-state index in [9.17, 15) is 5.11 Å². The number of rotatable bonds is 4. The van der Waals surface area contributed by atoms with Crippen molar-refractivity contribution in [2.75, 3.05) is 6.54 Å². The van der Waals surface area contributed by atoms with Gasteiger partial charge in [-0.05, 0) is 30.0 Å². The summed E-state index contributed by atoms with van der Waals surface area (Å²) in [5.74, 6) is 0.622. The Morgan fingerprint density at radius 3 is 2.96 bits per heavy atom. The van der Waals surface area contributed by atoms with E-state index in [1.807, 2.05) is 39.9 Å². The molecule has 24 heavy (non-hydrogen) atoms. The average Bonchev–Trinajstić information content (AvgIpc) is 3.27. The van der Waals surface area contributed by atoms with Crippen LogP contribution in [-0.4, -0.2) is 35.9 Å². The Morgan fingerprint density at radius 1 is 1.38 bits per heavy atom. The molecule has 0 spiro atoms. The van der Waals surface area contributed by atoms with Crippen LogP contribution in [0, 0.1) is 6.92 Å². The van der Waals surface area contributed by atoms with Crippen LogP contribution in [0.1, 0.15) is 33.8 Å². The van der Waals surface area contributed by atoms with Crippen molar-refractivity contribution in [1.29, 1.82) is 0 Å². The largest absolute Gasteiger partial charge is 0.379 e. The minimum Gasteiger partial charge on any atom is -0.379 e. The van der Waals surface area contributed by atoms with E-state index in [-0.39, 0.29) is 0 Å². The van der Waals surface area contributed by atoms with Crippen molar-refractivity contribution in [3.05, 3.63) is 57.6 Å². The average molecular weight is 343 g/mol. The first-order valence-corrected chi connectivity index (χ1v) is 8.97. The predicted octanol–water partition coefficient (Wildman–Crippen LogP) is 2.08. The van der Waals surface area contributed by atoms with Gasteiger partial charge in [0.05, 0.1) is 17.9 Å². The standard InChI is InChI=1S/C17H21N5OS/c1-12-3-8-24-15(12)11-21-6-7-22-13(10-21)9-14(19-22)16(23)17-18-4-5-20(17)2/h3-5,8-9,16,23H,6-7,10-11H2,1-2H3/t16-/m0/s1. The van der Waals surface area contributed by atoms with E-state index in [0.717, 1.165) is 31.9 Å². The number of aliphatic hydroxyl groups is 1. The zero-order valence-electron chi connectivity index (χ0n) is 13.9. The number of aliphatic hydroxyl groups excluding tert-OH is 1. The summed E-state index contributed by atoms with van der Waals surface area (Å²) in [7, 11) is 1.88. The second-order valence-corrected chi connectivity index (χ2v) is 7.32. The van der Waals surface area contributed by atoms with Gasteiger partial charge in [-0.3, -0.25) is 9.58 Å². The highest BCUT2D eigenvalue weighted by Crippen LogP contribution is 2.24. The third kappa shape index (κ3) is 2.79. The Morgan fingerprint density at radius 2 is 2.25 bits per heavy atom. The summed E-state index contributed by atoms with van der Waals surface area (Å²) in [6.07, 6.45) is 2.75. The van der Waals surface area contributed by atoms with Crippen LogP contribution in [-0.2, 0) is 26.7 Å². The molecule has 0 bridgehead atoms. The van der Waals surface area contributed by atoms with Crippen LogP contribution in [0.4, 0.5) is 0 Å². The lowest BCUT2D eigenvalue weighted by molar-refractivity contribution is 0.195. The zero-order chi connectivity index (χ0) is 16.7. The SMILES string of the molecule is Cc1ccsc1CN1CCn2nc([C@H](O)c3nccn3C)cc2C1. The second kappa shape index (κ2) is 6.16. The van der Waals surface area contributed by atoms with Gasteiger partial charge in [0.15, 0.2) is 6.10 Å². The molecule has 1 N–H and O–H groups in total. The van der Waals surface area contributed by atoms with Crippen molar-refractivity contribution in [3.8, 4) is 0 Å². The van der Waals surface area contributed by atoms with E-state index < -0.39 is 6.10 Å². The highest BCUT2D eigenvalue weighted by atomic mass is 32.1. The fourth-order valence-electron chi connectivity index (χ4n) is 3.15. The third-order valence-corrected chi connectivity index (χ3v) is 5.62. The van der Waals surface area contributed by atoms with Gasteiger partial charge >= 0.3 is 0 Å². The quantitative estimate of drug-likeness (QED) is 0.788. The molecule has 6 nitrogen and oxygen atoms in total. The van der Waals surface area contributed by atoms with Crippen LogP contribution in [0.25, 0.3) is 0 Å². The normalized spacial score (nSPS) is 16.3. The summed E-state index contributed by atoms with van der Waals surface area (Å²) in [6.45, 7) is 5.84. The molecule has 4 heterocycles. The Labute approximate surface area is 145 Å². The molecule has 4 rings (SSSR count). The molecule has 1 atom stereocenters. The summed E-state index contributed by atoms with van der Waals surface area (Å²) < 4.78 is 3.84. The predicted molar refractivity (Wildman–Crippen MR) is 92.7 cm³/mol. The second-order valence-electron chi connectivity index (χ2n) is 6.32. The molecule has 126 valence electrons. The summed E-state index contributed by atoms with van der Waals surface area (Å²) in [4.78, 5) is 8.09. The monoisotopic (exact) mass is 343 g/mol. The number of hydrogen-bond acceptors (Lipinski definition) is 5. The minimum absolute atomic E-state index is 0.622. The fraction of sp³-hybridized carbons (Fsp3) is 0.412. The number of hydrogen-bond donors (Lipinski definition) is 1. The van der Waals surface area contributed by atoms with Crippen molar-refractivity contribution >= 4 is 11.3 Å². The molecule has 0 aromatic carbocycles. The minimum atomic E-state index is -0.781. The molecule has 0 amide bonds. The lowest BCUT2D eigenvalue weighted by atomic mass is 10.2. The first kappa shape index (κ1) is 15.6. The van der Waals surface area contributed by atoms with E-state index in [2.05, 4.69) is 33.4 Å². The van der Waals surface area contributed by atoms with E-state index in [1.54, 1.807) is 6.20 Å². The fourth-order valence-corrected chi connectivity index (χ4v) is 4.10. The molecule has 0 radical (unpaired) electrons. The molecule has 0 aliphatic carbocycles. The van der Waals surface area contributed by atoms with Crippen LogP contribution in [0.3, 0.4) is 0 Å². The highest BCUT2D eigenvalue weighted by molar-refractivity contribution is 7.10. The maximum atomic E-state index is 10.5.